The first kappa shape index (κ1) is 11.0. The number of rotatable bonds is 2. The molecule has 1 aliphatic rings. The minimum atomic E-state index is 0.406. The second-order valence-corrected chi connectivity index (χ2v) is 6.02. The van der Waals surface area contributed by atoms with Gasteiger partial charge in [-0.3, -0.25) is 0 Å². The fourth-order valence-corrected chi connectivity index (χ4v) is 2.32. The van der Waals surface area contributed by atoms with Crippen LogP contribution in [0.3, 0.4) is 0 Å². The smallest absolute Gasteiger partial charge is 0.0156 e. The molecule has 78 valence electrons. The molecule has 0 spiro atoms. The minimum absolute atomic E-state index is 0.406. The molecule has 1 nitrogen and oxygen atoms in total. The molecule has 1 heteroatoms. The summed E-state index contributed by atoms with van der Waals surface area (Å²) in [7, 11) is 0. The fraction of sp³-hybridized carbons (Fsp3) is 1.00. The topological polar surface area (TPSA) is 12.0 Å². The summed E-state index contributed by atoms with van der Waals surface area (Å²) in [6, 6.07) is 0.617. The lowest BCUT2D eigenvalue weighted by molar-refractivity contribution is 0.140. The Bertz CT molecular complexity index is 160. The summed E-state index contributed by atoms with van der Waals surface area (Å²) in [6.07, 6.45) is 5.39. The molecule has 1 N–H and O–H groups in total. The van der Waals surface area contributed by atoms with Gasteiger partial charge >= 0.3 is 0 Å². The molecule has 0 bridgehead atoms. The molecule has 0 aromatic carbocycles. The van der Waals surface area contributed by atoms with Crippen LogP contribution in [0.25, 0.3) is 0 Å². The maximum Gasteiger partial charge on any atom is 0.0156 e. The highest BCUT2D eigenvalue weighted by atomic mass is 15.0. The van der Waals surface area contributed by atoms with Crippen molar-refractivity contribution in [3.8, 4) is 0 Å². The summed E-state index contributed by atoms with van der Waals surface area (Å²) in [5.41, 5.74) is 0.988. The van der Waals surface area contributed by atoms with Crippen molar-refractivity contribution in [3.05, 3.63) is 0 Å². The molecular weight excluding hydrogens is 158 g/mol. The first-order valence-electron chi connectivity index (χ1n) is 5.61. The van der Waals surface area contributed by atoms with Crippen LogP contribution in [-0.4, -0.2) is 11.6 Å². The van der Waals surface area contributed by atoms with Gasteiger partial charge in [0.25, 0.3) is 0 Å². The molecule has 0 unspecified atom stereocenters. The third-order valence-corrected chi connectivity index (χ3v) is 3.34. The molecule has 1 saturated carbocycles. The third-order valence-electron chi connectivity index (χ3n) is 3.34. The maximum absolute atomic E-state index is 3.70. The van der Waals surface area contributed by atoms with Crippen LogP contribution in [0.1, 0.15) is 60.3 Å². The van der Waals surface area contributed by atoms with Crippen molar-refractivity contribution >= 4 is 0 Å². The summed E-state index contributed by atoms with van der Waals surface area (Å²) in [4.78, 5) is 0. The Hall–Kier alpha value is -0.0400. The highest BCUT2D eigenvalue weighted by molar-refractivity contribution is 4.92. The first-order chi connectivity index (χ1) is 5.83. The molecule has 0 aliphatic heterocycles. The zero-order chi connectivity index (χ0) is 10.1. The molecule has 0 saturated heterocycles. The highest BCUT2D eigenvalue weighted by Crippen LogP contribution is 2.39. The van der Waals surface area contributed by atoms with E-state index < -0.39 is 0 Å². The van der Waals surface area contributed by atoms with Gasteiger partial charge in [0.15, 0.2) is 0 Å². The Labute approximate surface area is 83.3 Å². The summed E-state index contributed by atoms with van der Waals surface area (Å²) in [5.74, 6) is 0. The van der Waals surface area contributed by atoms with E-state index in [1.807, 2.05) is 0 Å². The van der Waals surface area contributed by atoms with Crippen LogP contribution in [0.5, 0.6) is 0 Å². The normalized spacial score (nSPS) is 26.3. The second kappa shape index (κ2) is 3.61. The van der Waals surface area contributed by atoms with E-state index in [1.54, 1.807) is 0 Å². The van der Waals surface area contributed by atoms with Crippen LogP contribution in [0.15, 0.2) is 0 Å². The van der Waals surface area contributed by atoms with Gasteiger partial charge in [-0.15, -0.1) is 0 Å². The summed E-state index contributed by atoms with van der Waals surface area (Å²) >= 11 is 0. The number of hydrogen-bond donors (Lipinski definition) is 1. The Morgan fingerprint density at radius 2 is 1.38 bits per heavy atom. The predicted molar refractivity (Wildman–Crippen MR) is 58.9 cm³/mol. The van der Waals surface area contributed by atoms with Crippen molar-refractivity contribution in [3.63, 3.8) is 0 Å². The average Bonchev–Trinajstić information content (AvgIpc) is 1.95. The maximum atomic E-state index is 3.70. The molecule has 1 rings (SSSR count). The van der Waals surface area contributed by atoms with Crippen LogP contribution in [0, 0.1) is 5.41 Å². The Morgan fingerprint density at radius 1 is 0.923 bits per heavy atom. The van der Waals surface area contributed by atoms with E-state index in [-0.39, 0.29) is 0 Å². The lowest BCUT2D eigenvalue weighted by Crippen LogP contribution is -2.49. The Morgan fingerprint density at radius 3 is 1.77 bits per heavy atom. The predicted octanol–water partition coefficient (Wildman–Crippen LogP) is 3.34. The van der Waals surface area contributed by atoms with Crippen molar-refractivity contribution in [2.24, 2.45) is 5.41 Å². The van der Waals surface area contributed by atoms with Crippen LogP contribution in [0.2, 0.25) is 0 Å². The standard InChI is InChI=1S/C12H25N/c1-10(2)13-12(5)8-6-11(3,4)7-9-12/h10,13H,6-9H2,1-5H3. The van der Waals surface area contributed by atoms with E-state index in [1.165, 1.54) is 25.7 Å². The van der Waals surface area contributed by atoms with Gasteiger partial charge in [0.1, 0.15) is 0 Å². The molecule has 0 aromatic rings. The van der Waals surface area contributed by atoms with E-state index in [2.05, 4.69) is 39.9 Å². The highest BCUT2D eigenvalue weighted by Gasteiger charge is 2.34. The zero-order valence-corrected chi connectivity index (χ0v) is 9.91. The molecule has 13 heavy (non-hydrogen) atoms. The summed E-state index contributed by atoms with van der Waals surface area (Å²) in [6.45, 7) is 11.6. The van der Waals surface area contributed by atoms with E-state index in [0.29, 0.717) is 17.0 Å². The van der Waals surface area contributed by atoms with E-state index in [4.69, 9.17) is 0 Å². The second-order valence-electron chi connectivity index (χ2n) is 6.02. The van der Waals surface area contributed by atoms with E-state index in [0.717, 1.165) is 0 Å². The quantitative estimate of drug-likeness (QED) is 0.692. The Kier molecular flexibility index (Phi) is 3.06. The van der Waals surface area contributed by atoms with Gasteiger partial charge in [0.05, 0.1) is 0 Å². The first-order valence-corrected chi connectivity index (χ1v) is 5.61. The van der Waals surface area contributed by atoms with Crippen molar-refractivity contribution in [1.82, 2.24) is 5.32 Å². The van der Waals surface area contributed by atoms with Crippen LogP contribution >= 0.6 is 0 Å². The minimum Gasteiger partial charge on any atom is -0.309 e. The fourth-order valence-electron chi connectivity index (χ4n) is 2.32. The zero-order valence-electron chi connectivity index (χ0n) is 9.91. The molecule has 0 aromatic heterocycles. The van der Waals surface area contributed by atoms with Crippen LogP contribution < -0.4 is 5.32 Å². The number of nitrogens with one attached hydrogen (secondary N) is 1. The average molecular weight is 183 g/mol. The van der Waals surface area contributed by atoms with E-state index in [9.17, 15) is 0 Å². The van der Waals surface area contributed by atoms with Gasteiger partial charge in [-0.05, 0) is 38.0 Å². The van der Waals surface area contributed by atoms with Crippen molar-refractivity contribution < 1.29 is 0 Å². The summed E-state index contributed by atoms with van der Waals surface area (Å²) in [5, 5.41) is 3.70. The Balaban J connectivity index is 2.47. The largest absolute Gasteiger partial charge is 0.309 e. The molecule has 1 fully saturated rings. The number of hydrogen-bond acceptors (Lipinski definition) is 1. The third kappa shape index (κ3) is 3.30. The molecule has 0 amide bonds. The lowest BCUT2D eigenvalue weighted by Gasteiger charge is -2.43. The van der Waals surface area contributed by atoms with Gasteiger partial charge in [0, 0.05) is 11.6 Å². The van der Waals surface area contributed by atoms with Gasteiger partial charge in [0.2, 0.25) is 0 Å². The molecule has 1 aliphatic carbocycles. The molecule has 0 heterocycles. The van der Waals surface area contributed by atoms with Gasteiger partial charge in [-0.2, -0.15) is 0 Å². The van der Waals surface area contributed by atoms with Crippen molar-refractivity contribution in [1.29, 1.82) is 0 Å². The molecule has 0 atom stereocenters. The lowest BCUT2D eigenvalue weighted by atomic mass is 9.70. The summed E-state index contributed by atoms with van der Waals surface area (Å²) < 4.78 is 0. The van der Waals surface area contributed by atoms with Crippen LogP contribution in [-0.2, 0) is 0 Å². The van der Waals surface area contributed by atoms with Gasteiger partial charge in [-0.25, -0.2) is 0 Å². The van der Waals surface area contributed by atoms with Crippen LogP contribution in [0.4, 0.5) is 0 Å². The SMILES string of the molecule is CC(C)NC1(C)CCC(C)(C)CC1. The van der Waals surface area contributed by atoms with E-state index >= 15 is 0 Å². The van der Waals surface area contributed by atoms with Crippen molar-refractivity contribution in [2.75, 3.05) is 0 Å². The molecule has 0 radical (unpaired) electrons. The van der Waals surface area contributed by atoms with Gasteiger partial charge < -0.3 is 5.32 Å². The van der Waals surface area contributed by atoms with Gasteiger partial charge in [-0.1, -0.05) is 27.7 Å². The molecular formula is C12H25N. The van der Waals surface area contributed by atoms with Crippen molar-refractivity contribution in [2.45, 2.75) is 71.9 Å². The monoisotopic (exact) mass is 183 g/mol.